The van der Waals surface area contributed by atoms with Gasteiger partial charge in [-0.05, 0) is 40.2 Å². The van der Waals surface area contributed by atoms with Gasteiger partial charge in [0.25, 0.3) is 0 Å². The van der Waals surface area contributed by atoms with Gasteiger partial charge in [-0.3, -0.25) is 0 Å². The lowest BCUT2D eigenvalue weighted by atomic mass is 10.3. The van der Waals surface area contributed by atoms with Gasteiger partial charge >= 0.3 is 0 Å². The van der Waals surface area contributed by atoms with Gasteiger partial charge in [0.05, 0.1) is 17.4 Å². The van der Waals surface area contributed by atoms with Crippen LogP contribution in [0.3, 0.4) is 0 Å². The molecule has 0 amide bonds. The highest BCUT2D eigenvalue weighted by molar-refractivity contribution is 9.10. The lowest BCUT2D eigenvalue weighted by Crippen LogP contribution is -2.26. The van der Waals surface area contributed by atoms with Crippen LogP contribution in [-0.4, -0.2) is 19.8 Å². The number of benzene rings is 1. The molecular weight excluding hydrogens is 332 g/mol. The Morgan fingerprint density at radius 1 is 1.37 bits per heavy atom. The Morgan fingerprint density at radius 3 is 2.68 bits per heavy atom. The van der Waals surface area contributed by atoms with Crippen LogP contribution in [0.15, 0.2) is 50.6 Å². The van der Waals surface area contributed by atoms with Crippen molar-refractivity contribution in [2.45, 2.75) is 11.4 Å². The molecule has 7 heteroatoms. The number of sulfonamides is 1. The number of nitrogen functional groups attached to an aromatic ring is 1. The first-order valence-corrected chi connectivity index (χ1v) is 7.67. The van der Waals surface area contributed by atoms with Gasteiger partial charge < -0.3 is 10.2 Å². The fraction of sp³-hybridized carbons (Fsp3) is 0.167. The number of halogens is 1. The van der Waals surface area contributed by atoms with Crippen LogP contribution >= 0.6 is 15.9 Å². The van der Waals surface area contributed by atoms with Gasteiger partial charge in [-0.15, -0.1) is 0 Å². The first-order chi connectivity index (χ1) is 8.91. The summed E-state index contributed by atoms with van der Waals surface area (Å²) in [6.07, 6.45) is 3.03. The minimum absolute atomic E-state index is 0.194. The van der Waals surface area contributed by atoms with Crippen LogP contribution in [0.2, 0.25) is 0 Å². The summed E-state index contributed by atoms with van der Waals surface area (Å²) in [5, 5.41) is 0. The van der Waals surface area contributed by atoms with Gasteiger partial charge in [0.2, 0.25) is 10.0 Å². The fourth-order valence-electron chi connectivity index (χ4n) is 1.57. The summed E-state index contributed by atoms with van der Waals surface area (Å²) in [6.45, 7) is 0.251. The van der Waals surface area contributed by atoms with Crippen molar-refractivity contribution in [3.05, 3.63) is 46.8 Å². The van der Waals surface area contributed by atoms with Crippen LogP contribution in [-0.2, 0) is 16.6 Å². The third-order valence-electron chi connectivity index (χ3n) is 2.67. The first kappa shape index (κ1) is 14.1. The molecule has 0 aliphatic heterocycles. The monoisotopic (exact) mass is 344 g/mol. The number of nitrogens with zero attached hydrogens (tertiary/aromatic N) is 1. The molecule has 0 spiro atoms. The van der Waals surface area contributed by atoms with E-state index in [1.807, 2.05) is 0 Å². The Morgan fingerprint density at radius 2 is 2.11 bits per heavy atom. The van der Waals surface area contributed by atoms with Crippen molar-refractivity contribution >= 4 is 31.6 Å². The summed E-state index contributed by atoms with van der Waals surface area (Å²) in [7, 11) is -2.03. The molecule has 2 N–H and O–H groups in total. The van der Waals surface area contributed by atoms with E-state index < -0.39 is 10.0 Å². The number of hydrogen-bond acceptors (Lipinski definition) is 4. The van der Waals surface area contributed by atoms with Crippen molar-refractivity contribution in [3.8, 4) is 0 Å². The molecule has 0 aliphatic carbocycles. The molecule has 0 saturated heterocycles. The first-order valence-electron chi connectivity index (χ1n) is 5.43. The maximum atomic E-state index is 12.4. The predicted octanol–water partition coefficient (Wildman–Crippen LogP) is 2.45. The zero-order valence-electron chi connectivity index (χ0n) is 10.2. The highest BCUT2D eigenvalue weighted by atomic mass is 79.9. The summed E-state index contributed by atoms with van der Waals surface area (Å²) in [6, 6.07) is 6.27. The lowest BCUT2D eigenvalue weighted by Gasteiger charge is -2.16. The largest absolute Gasteiger partial charge is 0.472 e. The van der Waals surface area contributed by atoms with Crippen molar-refractivity contribution in [2.24, 2.45) is 0 Å². The number of anilines is 1. The number of furan rings is 1. The van der Waals surface area contributed by atoms with E-state index in [-0.39, 0.29) is 11.4 Å². The molecule has 0 saturated carbocycles. The summed E-state index contributed by atoms with van der Waals surface area (Å²) in [5.41, 5.74) is 6.94. The molecule has 2 rings (SSSR count). The van der Waals surface area contributed by atoms with E-state index in [1.54, 1.807) is 12.1 Å². The van der Waals surface area contributed by atoms with Crippen molar-refractivity contribution < 1.29 is 12.8 Å². The van der Waals surface area contributed by atoms with Crippen molar-refractivity contribution in [1.29, 1.82) is 0 Å². The molecule has 0 unspecified atom stereocenters. The van der Waals surface area contributed by atoms with E-state index in [1.165, 1.54) is 36.0 Å². The van der Waals surface area contributed by atoms with Crippen LogP contribution in [0.4, 0.5) is 5.69 Å². The van der Waals surface area contributed by atoms with E-state index in [4.69, 9.17) is 10.2 Å². The zero-order valence-corrected chi connectivity index (χ0v) is 12.6. The fourth-order valence-corrected chi connectivity index (χ4v) is 3.29. The molecule has 0 atom stereocenters. The topological polar surface area (TPSA) is 76.5 Å². The maximum absolute atomic E-state index is 12.4. The second-order valence-corrected chi connectivity index (χ2v) is 6.98. The molecule has 0 bridgehead atoms. The predicted molar refractivity (Wildman–Crippen MR) is 75.9 cm³/mol. The van der Waals surface area contributed by atoms with E-state index in [0.717, 1.165) is 5.56 Å². The van der Waals surface area contributed by atoms with E-state index in [0.29, 0.717) is 10.2 Å². The van der Waals surface area contributed by atoms with Gasteiger partial charge in [-0.1, -0.05) is 0 Å². The smallest absolute Gasteiger partial charge is 0.243 e. The van der Waals surface area contributed by atoms with Gasteiger partial charge in [-0.2, -0.15) is 4.31 Å². The average Bonchev–Trinajstić information content (AvgIpc) is 2.85. The van der Waals surface area contributed by atoms with Crippen molar-refractivity contribution in [2.75, 3.05) is 12.8 Å². The van der Waals surface area contributed by atoms with Crippen molar-refractivity contribution in [3.63, 3.8) is 0 Å². The molecule has 1 heterocycles. The Balaban J connectivity index is 2.28. The Labute approximate surface area is 120 Å². The maximum Gasteiger partial charge on any atom is 0.243 e. The minimum Gasteiger partial charge on any atom is -0.472 e. The molecule has 1 aromatic carbocycles. The van der Waals surface area contributed by atoms with Gasteiger partial charge in [0, 0.05) is 29.3 Å². The highest BCUT2D eigenvalue weighted by Gasteiger charge is 2.21. The number of hydrogen-bond donors (Lipinski definition) is 1. The highest BCUT2D eigenvalue weighted by Crippen LogP contribution is 2.25. The molecule has 19 heavy (non-hydrogen) atoms. The number of nitrogens with two attached hydrogens (primary N) is 1. The molecular formula is C12H13BrN2O3S. The van der Waals surface area contributed by atoms with E-state index >= 15 is 0 Å². The van der Waals surface area contributed by atoms with Crippen LogP contribution in [0.1, 0.15) is 5.56 Å². The molecule has 0 radical (unpaired) electrons. The third-order valence-corrected chi connectivity index (χ3v) is 5.15. The Kier molecular flexibility index (Phi) is 3.98. The zero-order chi connectivity index (χ0) is 14.0. The standard InChI is InChI=1S/C12H13BrN2O3S/c1-15(7-9-4-5-18-8-9)19(16,17)10-2-3-12(14)11(13)6-10/h2-6,8H,7,14H2,1H3. The number of rotatable bonds is 4. The van der Waals surface area contributed by atoms with Crippen LogP contribution in [0.25, 0.3) is 0 Å². The molecule has 0 fully saturated rings. The quantitative estimate of drug-likeness (QED) is 0.864. The average molecular weight is 345 g/mol. The minimum atomic E-state index is -3.55. The van der Waals surface area contributed by atoms with E-state index in [2.05, 4.69) is 15.9 Å². The summed E-state index contributed by atoms with van der Waals surface area (Å²) < 4.78 is 31.5. The molecule has 5 nitrogen and oxygen atoms in total. The molecule has 0 aliphatic rings. The van der Waals surface area contributed by atoms with Crippen LogP contribution in [0, 0.1) is 0 Å². The lowest BCUT2D eigenvalue weighted by molar-refractivity contribution is 0.463. The van der Waals surface area contributed by atoms with Crippen LogP contribution < -0.4 is 5.73 Å². The molecule has 1 aromatic heterocycles. The SMILES string of the molecule is CN(Cc1ccoc1)S(=O)(=O)c1ccc(N)c(Br)c1. The van der Waals surface area contributed by atoms with Crippen molar-refractivity contribution in [1.82, 2.24) is 4.31 Å². The second kappa shape index (κ2) is 5.36. The Bertz CT molecular complexity index is 668. The third kappa shape index (κ3) is 2.99. The van der Waals surface area contributed by atoms with Crippen LogP contribution in [0.5, 0.6) is 0 Å². The van der Waals surface area contributed by atoms with Gasteiger partial charge in [0.15, 0.2) is 0 Å². The normalized spacial score (nSPS) is 11.9. The summed E-state index contributed by atoms with van der Waals surface area (Å²) in [5.74, 6) is 0. The van der Waals surface area contributed by atoms with Gasteiger partial charge in [0.1, 0.15) is 0 Å². The summed E-state index contributed by atoms with van der Waals surface area (Å²) in [4.78, 5) is 0.194. The second-order valence-electron chi connectivity index (χ2n) is 4.08. The Hall–Kier alpha value is -1.31. The summed E-state index contributed by atoms with van der Waals surface area (Å²) >= 11 is 3.23. The van der Waals surface area contributed by atoms with E-state index in [9.17, 15) is 8.42 Å². The molecule has 102 valence electrons. The van der Waals surface area contributed by atoms with Gasteiger partial charge in [-0.25, -0.2) is 8.42 Å². The molecule has 2 aromatic rings.